The Bertz CT molecular complexity index is 428. The van der Waals surface area contributed by atoms with E-state index in [1.165, 1.54) is 24.8 Å². The summed E-state index contributed by atoms with van der Waals surface area (Å²) in [6.07, 6.45) is 3.87. The van der Waals surface area contributed by atoms with Crippen LogP contribution in [0.1, 0.15) is 37.3 Å². The van der Waals surface area contributed by atoms with E-state index in [0.29, 0.717) is 11.0 Å². The van der Waals surface area contributed by atoms with Crippen LogP contribution in [-0.4, -0.2) is 11.0 Å². The molecule has 17 heavy (non-hydrogen) atoms. The van der Waals surface area contributed by atoms with E-state index < -0.39 is 0 Å². The monoisotopic (exact) mass is 248 g/mol. The highest BCUT2D eigenvalue weighted by molar-refractivity contribution is 7.80. The summed E-state index contributed by atoms with van der Waals surface area (Å²) >= 11 is 5.12. The second kappa shape index (κ2) is 5.05. The number of nitrogens with one attached hydrogen (secondary N) is 1. The first-order valence-electron chi connectivity index (χ1n) is 6.25. The number of para-hydroxylation sites is 1. The lowest BCUT2D eigenvalue weighted by molar-refractivity contribution is 0.556. The van der Waals surface area contributed by atoms with Crippen LogP contribution in [0.2, 0.25) is 0 Å². The van der Waals surface area contributed by atoms with Crippen LogP contribution in [0.15, 0.2) is 18.2 Å². The third-order valence-electron chi connectivity index (χ3n) is 3.73. The summed E-state index contributed by atoms with van der Waals surface area (Å²) in [5, 5.41) is 3.64. The zero-order valence-electron chi connectivity index (χ0n) is 10.5. The largest absolute Gasteiger partial charge is 0.389 e. The third kappa shape index (κ3) is 2.60. The van der Waals surface area contributed by atoms with Crippen molar-refractivity contribution in [3.8, 4) is 0 Å². The van der Waals surface area contributed by atoms with Crippen LogP contribution < -0.4 is 11.1 Å². The Morgan fingerprint density at radius 2 is 2.18 bits per heavy atom. The highest BCUT2D eigenvalue weighted by atomic mass is 32.1. The molecule has 0 radical (unpaired) electrons. The van der Waals surface area contributed by atoms with E-state index in [-0.39, 0.29) is 0 Å². The van der Waals surface area contributed by atoms with Crippen molar-refractivity contribution in [3.05, 3.63) is 29.3 Å². The van der Waals surface area contributed by atoms with Gasteiger partial charge in [-0.25, -0.2) is 0 Å². The highest BCUT2D eigenvalue weighted by Crippen LogP contribution is 2.30. The van der Waals surface area contributed by atoms with E-state index >= 15 is 0 Å². The second-order valence-electron chi connectivity index (χ2n) is 5.02. The summed E-state index contributed by atoms with van der Waals surface area (Å²) in [6.45, 7) is 4.41. The van der Waals surface area contributed by atoms with Crippen LogP contribution in [0, 0.1) is 12.8 Å². The molecule has 0 heterocycles. The fourth-order valence-electron chi connectivity index (χ4n) is 2.61. The number of aryl methyl sites for hydroxylation is 1. The molecule has 0 amide bonds. The first-order valence-corrected chi connectivity index (χ1v) is 6.66. The summed E-state index contributed by atoms with van der Waals surface area (Å²) in [6, 6.07) is 6.66. The van der Waals surface area contributed by atoms with Crippen LogP contribution in [0.25, 0.3) is 0 Å². The van der Waals surface area contributed by atoms with Crippen LogP contribution >= 0.6 is 12.2 Å². The Hall–Kier alpha value is -1.09. The van der Waals surface area contributed by atoms with E-state index in [1.807, 2.05) is 12.1 Å². The minimum atomic E-state index is 0.474. The van der Waals surface area contributed by atoms with Gasteiger partial charge in [-0.05, 0) is 37.3 Å². The van der Waals surface area contributed by atoms with Gasteiger partial charge in [-0.15, -0.1) is 0 Å². The first-order chi connectivity index (χ1) is 8.09. The van der Waals surface area contributed by atoms with Crippen molar-refractivity contribution in [3.63, 3.8) is 0 Å². The number of rotatable bonds is 3. The maximum absolute atomic E-state index is 5.78. The van der Waals surface area contributed by atoms with Crippen LogP contribution in [-0.2, 0) is 0 Å². The predicted octanol–water partition coefficient (Wildman–Crippen LogP) is 3.23. The highest BCUT2D eigenvalue weighted by Gasteiger charge is 2.24. The van der Waals surface area contributed by atoms with Crippen LogP contribution in [0.4, 0.5) is 5.69 Å². The minimum Gasteiger partial charge on any atom is -0.389 e. The fourth-order valence-corrected chi connectivity index (χ4v) is 2.78. The molecule has 1 aromatic carbocycles. The van der Waals surface area contributed by atoms with Gasteiger partial charge in [-0.2, -0.15) is 0 Å². The molecule has 2 unspecified atom stereocenters. The number of hydrogen-bond donors (Lipinski definition) is 2. The van der Waals surface area contributed by atoms with Gasteiger partial charge in [0.05, 0.1) is 0 Å². The Morgan fingerprint density at radius 3 is 2.76 bits per heavy atom. The van der Waals surface area contributed by atoms with Crippen molar-refractivity contribution in [2.45, 2.75) is 39.2 Å². The zero-order chi connectivity index (χ0) is 12.4. The molecular weight excluding hydrogens is 228 g/mol. The van der Waals surface area contributed by atoms with Crippen molar-refractivity contribution in [2.75, 3.05) is 5.32 Å². The topological polar surface area (TPSA) is 38.0 Å². The Labute approximate surface area is 109 Å². The molecule has 1 saturated carbocycles. The average molecular weight is 248 g/mol. The molecule has 0 saturated heterocycles. The van der Waals surface area contributed by atoms with Gasteiger partial charge >= 0.3 is 0 Å². The van der Waals surface area contributed by atoms with E-state index in [0.717, 1.165) is 17.2 Å². The van der Waals surface area contributed by atoms with E-state index in [1.54, 1.807) is 0 Å². The zero-order valence-corrected chi connectivity index (χ0v) is 11.3. The van der Waals surface area contributed by atoms with Gasteiger partial charge in [0.25, 0.3) is 0 Å². The maximum atomic E-state index is 5.78. The van der Waals surface area contributed by atoms with Gasteiger partial charge in [0.15, 0.2) is 0 Å². The Kier molecular flexibility index (Phi) is 3.67. The van der Waals surface area contributed by atoms with Crippen molar-refractivity contribution < 1.29 is 0 Å². The van der Waals surface area contributed by atoms with Crippen molar-refractivity contribution in [1.29, 1.82) is 0 Å². The second-order valence-corrected chi connectivity index (χ2v) is 5.46. The van der Waals surface area contributed by atoms with Gasteiger partial charge in [0.2, 0.25) is 0 Å². The molecule has 0 bridgehead atoms. The standard InChI is InChI=1S/C14H20N2S/c1-9-5-4-8-12(9)16-13-10(2)6-3-7-11(13)14(15)17/h3,6-7,9,12,16H,4-5,8H2,1-2H3,(H2,15,17). The molecule has 2 atom stereocenters. The van der Waals surface area contributed by atoms with E-state index in [4.69, 9.17) is 18.0 Å². The lowest BCUT2D eigenvalue weighted by Crippen LogP contribution is -2.24. The molecule has 1 aromatic rings. The smallest absolute Gasteiger partial charge is 0.106 e. The lowest BCUT2D eigenvalue weighted by Gasteiger charge is -2.22. The van der Waals surface area contributed by atoms with Gasteiger partial charge in [-0.3, -0.25) is 0 Å². The summed E-state index contributed by atoms with van der Waals surface area (Å²) in [5.41, 5.74) is 9.10. The molecule has 3 N–H and O–H groups in total. The number of nitrogens with two attached hydrogens (primary N) is 1. The Balaban J connectivity index is 2.27. The number of thiocarbonyl (C=S) groups is 1. The molecule has 92 valence electrons. The Morgan fingerprint density at radius 1 is 1.41 bits per heavy atom. The molecule has 2 nitrogen and oxygen atoms in total. The summed E-state index contributed by atoms with van der Waals surface area (Å²) in [4.78, 5) is 0.474. The molecule has 1 fully saturated rings. The van der Waals surface area contributed by atoms with Crippen molar-refractivity contribution in [2.24, 2.45) is 11.7 Å². The van der Waals surface area contributed by atoms with Gasteiger partial charge in [-0.1, -0.05) is 37.7 Å². The van der Waals surface area contributed by atoms with Crippen LogP contribution in [0.3, 0.4) is 0 Å². The van der Waals surface area contributed by atoms with Crippen molar-refractivity contribution >= 4 is 22.9 Å². The molecular formula is C14H20N2S. The average Bonchev–Trinajstić information content (AvgIpc) is 2.67. The first kappa shape index (κ1) is 12.4. The molecule has 3 heteroatoms. The third-order valence-corrected chi connectivity index (χ3v) is 3.95. The number of benzene rings is 1. The predicted molar refractivity (Wildman–Crippen MR) is 77.5 cm³/mol. The molecule has 0 aromatic heterocycles. The lowest BCUT2D eigenvalue weighted by atomic mass is 10.0. The SMILES string of the molecule is Cc1cccc(C(N)=S)c1NC1CCCC1C. The maximum Gasteiger partial charge on any atom is 0.106 e. The van der Waals surface area contributed by atoms with Gasteiger partial charge in [0.1, 0.15) is 4.99 Å². The molecule has 1 aliphatic rings. The molecule has 2 rings (SSSR count). The molecule has 0 spiro atoms. The molecule has 0 aliphatic heterocycles. The molecule has 1 aliphatic carbocycles. The number of hydrogen-bond acceptors (Lipinski definition) is 2. The normalized spacial score (nSPS) is 23.6. The fraction of sp³-hybridized carbons (Fsp3) is 0.500. The quantitative estimate of drug-likeness (QED) is 0.807. The van der Waals surface area contributed by atoms with E-state index in [2.05, 4.69) is 25.2 Å². The summed E-state index contributed by atoms with van der Waals surface area (Å²) in [7, 11) is 0. The minimum absolute atomic E-state index is 0.474. The number of anilines is 1. The van der Waals surface area contributed by atoms with Gasteiger partial charge in [0, 0.05) is 17.3 Å². The summed E-state index contributed by atoms with van der Waals surface area (Å²) in [5.74, 6) is 0.730. The summed E-state index contributed by atoms with van der Waals surface area (Å²) < 4.78 is 0. The van der Waals surface area contributed by atoms with Crippen LogP contribution in [0.5, 0.6) is 0 Å². The van der Waals surface area contributed by atoms with E-state index in [9.17, 15) is 0 Å². The van der Waals surface area contributed by atoms with Crippen molar-refractivity contribution in [1.82, 2.24) is 0 Å². The van der Waals surface area contributed by atoms with Gasteiger partial charge < -0.3 is 11.1 Å².